The summed E-state index contributed by atoms with van der Waals surface area (Å²) in [6.07, 6.45) is 0. The van der Waals surface area contributed by atoms with Crippen LogP contribution in [0.15, 0.2) is 30.3 Å². The van der Waals surface area contributed by atoms with Gasteiger partial charge in [-0.3, -0.25) is 9.59 Å². The minimum Gasteiger partial charge on any atom is -0.396 e. The Morgan fingerprint density at radius 1 is 1.28 bits per heavy atom. The number of amides is 2. The van der Waals surface area contributed by atoms with Gasteiger partial charge < -0.3 is 15.3 Å². The molecule has 0 radical (unpaired) electrons. The van der Waals surface area contributed by atoms with Gasteiger partial charge in [0.25, 0.3) is 5.91 Å². The lowest BCUT2D eigenvalue weighted by molar-refractivity contribution is -0.137. The molecule has 2 N–H and O–H groups in total. The summed E-state index contributed by atoms with van der Waals surface area (Å²) in [5.41, 5.74) is 0.544. The van der Waals surface area contributed by atoms with Crippen LogP contribution in [0.1, 0.15) is 10.4 Å². The first-order valence-corrected chi connectivity index (χ1v) is 5.92. The van der Waals surface area contributed by atoms with Crippen molar-refractivity contribution < 1.29 is 14.7 Å². The molecule has 1 aromatic carbocycles. The van der Waals surface area contributed by atoms with Gasteiger partial charge in [-0.25, -0.2) is 0 Å². The molecule has 5 heteroatoms. The molecule has 1 aromatic rings. The van der Waals surface area contributed by atoms with E-state index in [2.05, 4.69) is 5.32 Å². The van der Waals surface area contributed by atoms with E-state index in [9.17, 15) is 9.59 Å². The van der Waals surface area contributed by atoms with E-state index in [1.54, 1.807) is 29.2 Å². The molecule has 0 aromatic heterocycles. The third-order valence-corrected chi connectivity index (χ3v) is 3.00. The Kier molecular flexibility index (Phi) is 3.94. The minimum atomic E-state index is -0.247. The largest absolute Gasteiger partial charge is 0.396 e. The maximum Gasteiger partial charge on any atom is 0.251 e. The predicted molar refractivity (Wildman–Crippen MR) is 65.9 cm³/mol. The zero-order valence-corrected chi connectivity index (χ0v) is 10.0. The summed E-state index contributed by atoms with van der Waals surface area (Å²) >= 11 is 0. The van der Waals surface area contributed by atoms with Crippen molar-refractivity contribution in [3.63, 3.8) is 0 Å². The molecule has 1 heterocycles. The summed E-state index contributed by atoms with van der Waals surface area (Å²) in [5, 5.41) is 11.4. The summed E-state index contributed by atoms with van der Waals surface area (Å²) in [6.45, 7) is 1.28. The zero-order chi connectivity index (χ0) is 13.0. The molecule has 1 aliphatic rings. The minimum absolute atomic E-state index is 0.00583. The van der Waals surface area contributed by atoms with E-state index in [0.717, 1.165) is 0 Å². The molecule has 1 fully saturated rings. The van der Waals surface area contributed by atoms with E-state index < -0.39 is 0 Å². The molecule has 0 unspecified atom stereocenters. The SMILES string of the molecule is O=C(NCC(=O)N1CC(CO)C1)c1ccccc1. The second-order valence-corrected chi connectivity index (χ2v) is 4.40. The van der Waals surface area contributed by atoms with E-state index in [0.29, 0.717) is 18.7 Å². The Morgan fingerprint density at radius 3 is 2.56 bits per heavy atom. The summed E-state index contributed by atoms with van der Waals surface area (Å²) in [6, 6.07) is 8.78. The lowest BCUT2D eigenvalue weighted by Crippen LogP contribution is -2.54. The highest BCUT2D eigenvalue weighted by Crippen LogP contribution is 2.13. The molecule has 96 valence electrons. The van der Waals surface area contributed by atoms with Gasteiger partial charge in [0.2, 0.25) is 5.91 Å². The molecule has 0 atom stereocenters. The first-order chi connectivity index (χ1) is 8.70. The van der Waals surface area contributed by atoms with Crippen LogP contribution in [-0.2, 0) is 4.79 Å². The van der Waals surface area contributed by atoms with Crippen LogP contribution in [0.4, 0.5) is 0 Å². The van der Waals surface area contributed by atoms with Gasteiger partial charge >= 0.3 is 0 Å². The quantitative estimate of drug-likeness (QED) is 0.779. The number of carbonyl (C=O) groups is 2. The Morgan fingerprint density at radius 2 is 1.94 bits per heavy atom. The highest BCUT2D eigenvalue weighted by Gasteiger charge is 2.29. The maximum absolute atomic E-state index is 11.7. The van der Waals surface area contributed by atoms with E-state index in [1.165, 1.54) is 0 Å². The van der Waals surface area contributed by atoms with Gasteiger partial charge in [-0.2, -0.15) is 0 Å². The lowest BCUT2D eigenvalue weighted by atomic mass is 10.0. The van der Waals surface area contributed by atoms with Crippen LogP contribution in [0.25, 0.3) is 0 Å². The first-order valence-electron chi connectivity index (χ1n) is 5.92. The number of benzene rings is 1. The van der Waals surface area contributed by atoms with Crippen molar-refractivity contribution >= 4 is 11.8 Å². The first kappa shape index (κ1) is 12.6. The number of carbonyl (C=O) groups excluding carboxylic acids is 2. The average molecular weight is 248 g/mol. The van der Waals surface area contributed by atoms with Crippen LogP contribution in [0.3, 0.4) is 0 Å². The molecular formula is C13H16N2O3. The molecule has 2 rings (SSSR count). The molecule has 1 saturated heterocycles. The number of rotatable bonds is 4. The van der Waals surface area contributed by atoms with Gasteiger partial charge in [0, 0.05) is 31.2 Å². The fourth-order valence-corrected chi connectivity index (χ4v) is 1.85. The highest BCUT2D eigenvalue weighted by atomic mass is 16.3. The van der Waals surface area contributed by atoms with E-state index in [4.69, 9.17) is 5.11 Å². The summed E-state index contributed by atoms with van der Waals surface area (Å²) in [7, 11) is 0. The predicted octanol–water partition coefficient (Wildman–Crippen LogP) is -0.133. The van der Waals surface area contributed by atoms with Gasteiger partial charge in [-0.05, 0) is 12.1 Å². The monoisotopic (exact) mass is 248 g/mol. The Hall–Kier alpha value is -1.88. The third kappa shape index (κ3) is 2.87. The van der Waals surface area contributed by atoms with Crippen molar-refractivity contribution in [2.24, 2.45) is 5.92 Å². The molecule has 2 amide bonds. The van der Waals surface area contributed by atoms with Crippen molar-refractivity contribution in [3.8, 4) is 0 Å². The average Bonchev–Trinajstić information content (AvgIpc) is 2.36. The standard InChI is InChI=1S/C13H16N2O3/c16-9-10-7-15(8-10)12(17)6-14-13(18)11-4-2-1-3-5-11/h1-5,10,16H,6-9H2,(H,14,18). The lowest BCUT2D eigenvalue weighted by Gasteiger charge is -2.38. The number of hydrogen-bond acceptors (Lipinski definition) is 3. The van der Waals surface area contributed by atoms with Gasteiger partial charge in [-0.15, -0.1) is 0 Å². The molecule has 5 nitrogen and oxygen atoms in total. The van der Waals surface area contributed by atoms with Crippen molar-refractivity contribution in [2.45, 2.75) is 0 Å². The molecule has 0 spiro atoms. The smallest absolute Gasteiger partial charge is 0.251 e. The van der Waals surface area contributed by atoms with E-state index in [-0.39, 0.29) is 30.9 Å². The van der Waals surface area contributed by atoms with Gasteiger partial charge in [0.05, 0.1) is 6.54 Å². The van der Waals surface area contributed by atoms with Gasteiger partial charge in [0.15, 0.2) is 0 Å². The number of hydrogen-bond donors (Lipinski definition) is 2. The normalized spacial score (nSPS) is 15.1. The number of nitrogens with zero attached hydrogens (tertiary/aromatic N) is 1. The van der Waals surface area contributed by atoms with Crippen molar-refractivity contribution in [2.75, 3.05) is 26.2 Å². The van der Waals surface area contributed by atoms with Crippen molar-refractivity contribution in [1.29, 1.82) is 0 Å². The summed E-state index contributed by atoms with van der Waals surface area (Å²) in [4.78, 5) is 25.0. The maximum atomic E-state index is 11.7. The molecule has 0 bridgehead atoms. The molecule has 18 heavy (non-hydrogen) atoms. The van der Waals surface area contributed by atoms with Crippen LogP contribution < -0.4 is 5.32 Å². The summed E-state index contributed by atoms with van der Waals surface area (Å²) in [5.74, 6) is -0.161. The summed E-state index contributed by atoms with van der Waals surface area (Å²) < 4.78 is 0. The Bertz CT molecular complexity index is 427. The Balaban J connectivity index is 1.75. The van der Waals surface area contributed by atoms with Gasteiger partial charge in [0.1, 0.15) is 0 Å². The molecule has 1 aliphatic heterocycles. The molecule has 0 saturated carbocycles. The zero-order valence-electron chi connectivity index (χ0n) is 10.0. The van der Waals surface area contributed by atoms with Crippen LogP contribution in [-0.4, -0.2) is 48.1 Å². The van der Waals surface area contributed by atoms with Crippen LogP contribution >= 0.6 is 0 Å². The fourth-order valence-electron chi connectivity index (χ4n) is 1.85. The number of aliphatic hydroxyl groups is 1. The van der Waals surface area contributed by atoms with Crippen LogP contribution in [0, 0.1) is 5.92 Å². The Labute approximate surface area is 105 Å². The highest BCUT2D eigenvalue weighted by molar-refractivity contribution is 5.96. The number of nitrogens with one attached hydrogen (secondary N) is 1. The fraction of sp³-hybridized carbons (Fsp3) is 0.385. The molecule has 0 aliphatic carbocycles. The molecular weight excluding hydrogens is 232 g/mol. The number of aliphatic hydroxyl groups excluding tert-OH is 1. The van der Waals surface area contributed by atoms with Crippen molar-refractivity contribution in [3.05, 3.63) is 35.9 Å². The van der Waals surface area contributed by atoms with E-state index in [1.807, 2.05) is 6.07 Å². The topological polar surface area (TPSA) is 69.6 Å². The second kappa shape index (κ2) is 5.64. The van der Waals surface area contributed by atoms with Crippen LogP contribution in [0.2, 0.25) is 0 Å². The second-order valence-electron chi connectivity index (χ2n) is 4.40. The van der Waals surface area contributed by atoms with Crippen molar-refractivity contribution in [1.82, 2.24) is 10.2 Å². The van der Waals surface area contributed by atoms with Gasteiger partial charge in [-0.1, -0.05) is 18.2 Å². The number of likely N-dealkylation sites (tertiary alicyclic amines) is 1. The van der Waals surface area contributed by atoms with E-state index >= 15 is 0 Å². The third-order valence-electron chi connectivity index (χ3n) is 3.00. The van der Waals surface area contributed by atoms with Crippen LogP contribution in [0.5, 0.6) is 0 Å².